The highest BCUT2D eigenvalue weighted by atomic mass is 35.5. The minimum absolute atomic E-state index is 0.123. The van der Waals surface area contributed by atoms with Crippen LogP contribution in [0.2, 0.25) is 5.02 Å². The molecule has 0 aliphatic rings. The Balaban J connectivity index is 2.08. The number of nitrogens with zero attached hydrogens (tertiary/aromatic N) is 2. The number of hydrogen-bond donors (Lipinski definition) is 0. The van der Waals surface area contributed by atoms with E-state index in [0.29, 0.717) is 17.2 Å². The van der Waals surface area contributed by atoms with Crippen molar-refractivity contribution < 1.29 is 28.5 Å². The molecule has 0 aromatic heterocycles. The summed E-state index contributed by atoms with van der Waals surface area (Å²) in [5.41, 5.74) is 1.69. The fraction of sp³-hybridized carbons (Fsp3) is 0.310. The van der Waals surface area contributed by atoms with E-state index in [2.05, 4.69) is 0 Å². The number of benzene rings is 3. The molecule has 0 bridgehead atoms. The van der Waals surface area contributed by atoms with Crippen LogP contribution in [0.1, 0.15) is 31.9 Å². The van der Waals surface area contributed by atoms with Gasteiger partial charge >= 0.3 is 12.2 Å². The zero-order valence-electron chi connectivity index (χ0n) is 23.0. The molecule has 0 fully saturated rings. The van der Waals surface area contributed by atoms with Crippen molar-refractivity contribution in [1.29, 1.82) is 0 Å². The van der Waals surface area contributed by atoms with Gasteiger partial charge in [0.2, 0.25) is 0 Å². The smallest absolute Gasteiger partial charge is 0.415 e. The lowest BCUT2D eigenvalue weighted by Crippen LogP contribution is -2.38. The van der Waals surface area contributed by atoms with E-state index in [4.69, 9.17) is 38.4 Å². The molecule has 204 valence electrons. The number of ether oxygens (including phenoxy) is 4. The van der Waals surface area contributed by atoms with Gasteiger partial charge in [0, 0.05) is 5.69 Å². The molecule has 3 aromatic carbocycles. The van der Waals surface area contributed by atoms with E-state index in [1.807, 2.05) is 24.3 Å². The van der Waals surface area contributed by atoms with Gasteiger partial charge in [-0.05, 0) is 68.3 Å². The topological polar surface area (TPSA) is 77.5 Å². The number of rotatable bonds is 8. The Morgan fingerprint density at radius 1 is 0.795 bits per heavy atom. The van der Waals surface area contributed by atoms with Crippen LogP contribution in [0, 0.1) is 0 Å². The first-order valence-corrected chi connectivity index (χ1v) is 12.5. The molecule has 0 unspecified atom stereocenters. The standard InChI is InChI=1S/C29H32BClN2O6/c1-29(2,3)39-28(35)33(18-20-9-13-23(37-5)14-10-20)25-16-21(15-24(30)26(25)31)32(27(34)38-6)17-19-7-11-22(36-4)12-8-19/h7-16H,17-18H2,1-6H3. The van der Waals surface area contributed by atoms with Gasteiger partial charge in [-0.15, -0.1) is 0 Å². The van der Waals surface area contributed by atoms with Gasteiger partial charge in [0.1, 0.15) is 24.9 Å². The van der Waals surface area contributed by atoms with Gasteiger partial charge in [-0.2, -0.15) is 0 Å². The Hall–Kier alpha value is -3.85. The summed E-state index contributed by atoms with van der Waals surface area (Å²) in [6, 6.07) is 17.7. The highest BCUT2D eigenvalue weighted by Crippen LogP contribution is 2.33. The van der Waals surface area contributed by atoms with Crippen molar-refractivity contribution in [2.24, 2.45) is 0 Å². The molecule has 10 heteroatoms. The van der Waals surface area contributed by atoms with Crippen LogP contribution in [-0.2, 0) is 22.6 Å². The number of hydrogen-bond acceptors (Lipinski definition) is 6. The van der Waals surface area contributed by atoms with Crippen LogP contribution in [0.3, 0.4) is 0 Å². The molecule has 2 amide bonds. The largest absolute Gasteiger partial charge is 0.497 e. The predicted octanol–water partition coefficient (Wildman–Crippen LogP) is 5.87. The molecule has 0 spiro atoms. The Kier molecular flexibility index (Phi) is 9.75. The van der Waals surface area contributed by atoms with E-state index < -0.39 is 17.8 Å². The number of carbonyl (C=O) groups is 2. The summed E-state index contributed by atoms with van der Waals surface area (Å²) < 4.78 is 21.2. The van der Waals surface area contributed by atoms with E-state index in [-0.39, 0.29) is 29.3 Å². The summed E-state index contributed by atoms with van der Waals surface area (Å²) in [6.45, 7) is 5.62. The van der Waals surface area contributed by atoms with Gasteiger partial charge in [-0.3, -0.25) is 9.80 Å². The molecule has 2 radical (unpaired) electrons. The zero-order chi connectivity index (χ0) is 28.7. The summed E-state index contributed by atoms with van der Waals surface area (Å²) in [5, 5.41) is 0.146. The van der Waals surface area contributed by atoms with E-state index in [0.717, 1.165) is 11.1 Å². The average Bonchev–Trinajstić information content (AvgIpc) is 2.91. The van der Waals surface area contributed by atoms with Crippen LogP contribution in [0.25, 0.3) is 0 Å². The number of carbonyl (C=O) groups excluding carboxylic acids is 2. The molecule has 0 saturated carbocycles. The third-order valence-electron chi connectivity index (χ3n) is 5.68. The molecule has 3 rings (SSSR count). The summed E-state index contributed by atoms with van der Waals surface area (Å²) in [7, 11) is 10.8. The van der Waals surface area contributed by atoms with Crippen LogP contribution < -0.4 is 24.7 Å². The lowest BCUT2D eigenvalue weighted by Gasteiger charge is -2.30. The highest BCUT2D eigenvalue weighted by Gasteiger charge is 2.28. The van der Waals surface area contributed by atoms with Gasteiger partial charge in [0.05, 0.1) is 45.1 Å². The second kappa shape index (κ2) is 12.8. The van der Waals surface area contributed by atoms with Gasteiger partial charge < -0.3 is 18.9 Å². The van der Waals surface area contributed by atoms with Crippen molar-refractivity contribution in [1.82, 2.24) is 0 Å². The Bertz CT molecular complexity index is 1290. The normalized spacial score (nSPS) is 10.9. The molecule has 0 aliphatic heterocycles. The maximum absolute atomic E-state index is 13.4. The van der Waals surface area contributed by atoms with Gasteiger partial charge in [0.25, 0.3) is 0 Å². The highest BCUT2D eigenvalue weighted by molar-refractivity contribution is 6.47. The molecular formula is C29H32BClN2O6. The second-order valence-corrected chi connectivity index (χ2v) is 10.1. The van der Waals surface area contributed by atoms with Crippen molar-refractivity contribution in [2.75, 3.05) is 31.1 Å². The first-order valence-electron chi connectivity index (χ1n) is 12.2. The van der Waals surface area contributed by atoms with Gasteiger partial charge in [0.15, 0.2) is 0 Å². The number of amides is 2. The number of halogens is 1. The van der Waals surface area contributed by atoms with Gasteiger partial charge in [-0.1, -0.05) is 41.3 Å². The summed E-state index contributed by atoms with van der Waals surface area (Å²) in [6.07, 6.45) is -1.24. The van der Waals surface area contributed by atoms with Crippen molar-refractivity contribution in [3.05, 3.63) is 76.8 Å². The quantitative estimate of drug-likeness (QED) is 0.327. The van der Waals surface area contributed by atoms with Crippen LogP contribution in [0.5, 0.6) is 11.5 Å². The molecule has 3 aromatic rings. The maximum atomic E-state index is 13.4. The summed E-state index contributed by atoms with van der Waals surface area (Å²) >= 11 is 6.66. The zero-order valence-corrected chi connectivity index (χ0v) is 23.7. The third-order valence-corrected chi connectivity index (χ3v) is 6.09. The molecule has 8 nitrogen and oxygen atoms in total. The van der Waals surface area contributed by atoms with E-state index in [9.17, 15) is 9.59 Å². The minimum atomic E-state index is -0.767. The molecular weight excluding hydrogens is 519 g/mol. The summed E-state index contributed by atoms with van der Waals surface area (Å²) in [4.78, 5) is 29.1. The monoisotopic (exact) mass is 550 g/mol. The van der Waals surface area contributed by atoms with E-state index in [1.54, 1.807) is 71.4 Å². The van der Waals surface area contributed by atoms with Crippen LogP contribution in [-0.4, -0.2) is 47.0 Å². The Morgan fingerprint density at radius 2 is 1.28 bits per heavy atom. The molecule has 0 atom stereocenters. The second-order valence-electron chi connectivity index (χ2n) is 9.69. The van der Waals surface area contributed by atoms with Crippen molar-refractivity contribution in [3.8, 4) is 11.5 Å². The lowest BCUT2D eigenvalue weighted by molar-refractivity contribution is 0.0577. The third kappa shape index (κ3) is 7.83. The Morgan fingerprint density at radius 3 is 1.72 bits per heavy atom. The SMILES string of the molecule is [B]c1cc(N(Cc2ccc(OC)cc2)C(=O)OC)cc(N(Cc2ccc(OC)cc2)C(=O)OC(C)(C)C)c1Cl. The fourth-order valence-electron chi connectivity index (χ4n) is 3.73. The van der Waals surface area contributed by atoms with Crippen molar-refractivity contribution in [2.45, 2.75) is 39.5 Å². The number of anilines is 2. The lowest BCUT2D eigenvalue weighted by atomic mass is 9.94. The van der Waals surface area contributed by atoms with Crippen LogP contribution in [0.4, 0.5) is 21.0 Å². The average molecular weight is 551 g/mol. The first-order chi connectivity index (χ1) is 18.4. The first kappa shape index (κ1) is 29.7. The number of methoxy groups -OCH3 is 3. The molecule has 39 heavy (non-hydrogen) atoms. The predicted molar refractivity (Wildman–Crippen MR) is 154 cm³/mol. The molecule has 0 heterocycles. The summed E-state index contributed by atoms with van der Waals surface area (Å²) in [5.74, 6) is 1.37. The Labute approximate surface area is 235 Å². The van der Waals surface area contributed by atoms with Crippen LogP contribution in [0.15, 0.2) is 60.7 Å². The van der Waals surface area contributed by atoms with Crippen LogP contribution >= 0.6 is 11.6 Å². The van der Waals surface area contributed by atoms with E-state index in [1.165, 1.54) is 16.9 Å². The van der Waals surface area contributed by atoms with E-state index >= 15 is 0 Å². The molecule has 0 aliphatic carbocycles. The molecule has 0 saturated heterocycles. The fourth-order valence-corrected chi connectivity index (χ4v) is 3.94. The molecule has 0 N–H and O–H groups in total. The maximum Gasteiger partial charge on any atom is 0.415 e. The van der Waals surface area contributed by atoms with Crippen molar-refractivity contribution >= 4 is 48.5 Å². The van der Waals surface area contributed by atoms with Crippen molar-refractivity contribution in [3.63, 3.8) is 0 Å². The van der Waals surface area contributed by atoms with Gasteiger partial charge in [-0.25, -0.2) is 9.59 Å². The minimum Gasteiger partial charge on any atom is -0.497 e.